The van der Waals surface area contributed by atoms with E-state index in [1.54, 1.807) is 30.3 Å². The van der Waals surface area contributed by atoms with E-state index in [2.05, 4.69) is 0 Å². The predicted octanol–water partition coefficient (Wildman–Crippen LogP) is 5.54. The molecule has 37 heavy (non-hydrogen) atoms. The number of sulfonamides is 1. The van der Waals surface area contributed by atoms with Crippen molar-refractivity contribution in [3.05, 3.63) is 80.5 Å². The lowest BCUT2D eigenvalue weighted by atomic mass is 9.90. The van der Waals surface area contributed by atoms with Crippen LogP contribution in [0.5, 0.6) is 5.75 Å². The zero-order chi connectivity index (χ0) is 26.9. The molecule has 9 heteroatoms. The lowest BCUT2D eigenvalue weighted by Crippen LogP contribution is -2.36. The van der Waals surface area contributed by atoms with Crippen molar-refractivity contribution in [3.8, 4) is 5.75 Å². The molecule has 7 nitrogen and oxygen atoms in total. The van der Waals surface area contributed by atoms with Gasteiger partial charge in [-0.05, 0) is 67.6 Å². The first-order valence-electron chi connectivity index (χ1n) is 12.2. The molecule has 2 aromatic carbocycles. The van der Waals surface area contributed by atoms with Gasteiger partial charge >= 0.3 is 5.97 Å². The molecular formula is C28H31NO6S2. The molecule has 2 atom stereocenters. The lowest BCUT2D eigenvalue weighted by Gasteiger charge is -2.24. The number of aliphatic carboxylic acids is 1. The molecule has 0 bridgehead atoms. The van der Waals surface area contributed by atoms with Crippen LogP contribution in [0.4, 0.5) is 0 Å². The van der Waals surface area contributed by atoms with Gasteiger partial charge in [0.05, 0.1) is 17.8 Å². The Bertz CT molecular complexity index is 1440. The number of thiophene rings is 1. The number of para-hydroxylation sites is 1. The fourth-order valence-corrected chi connectivity index (χ4v) is 7.39. The van der Waals surface area contributed by atoms with Crippen LogP contribution in [0.15, 0.2) is 53.4 Å². The number of carbonyl (C=O) groups is 2. The molecule has 2 heterocycles. The normalized spacial score (nSPS) is 17.9. The van der Waals surface area contributed by atoms with E-state index >= 15 is 0 Å². The van der Waals surface area contributed by atoms with E-state index in [0.717, 1.165) is 27.1 Å². The van der Waals surface area contributed by atoms with Crippen molar-refractivity contribution in [2.75, 3.05) is 6.54 Å². The van der Waals surface area contributed by atoms with E-state index in [-0.39, 0.29) is 36.3 Å². The van der Waals surface area contributed by atoms with E-state index in [0.29, 0.717) is 17.0 Å². The summed E-state index contributed by atoms with van der Waals surface area (Å²) in [4.78, 5) is 25.4. The van der Waals surface area contributed by atoms with Crippen LogP contribution in [-0.4, -0.2) is 42.2 Å². The molecule has 4 rings (SSSR count). The van der Waals surface area contributed by atoms with E-state index in [4.69, 9.17) is 4.74 Å². The second-order valence-electron chi connectivity index (χ2n) is 9.44. The summed E-state index contributed by atoms with van der Waals surface area (Å²) in [7, 11) is -3.82. The van der Waals surface area contributed by atoms with Crippen LogP contribution < -0.4 is 4.74 Å². The first kappa shape index (κ1) is 27.0. The summed E-state index contributed by atoms with van der Waals surface area (Å²) in [6.07, 6.45) is 0.221. The zero-order valence-corrected chi connectivity index (χ0v) is 23.0. The molecule has 1 aliphatic heterocycles. The summed E-state index contributed by atoms with van der Waals surface area (Å²) in [5, 5.41) is 9.68. The van der Waals surface area contributed by atoms with Gasteiger partial charge in [-0.1, -0.05) is 37.3 Å². The van der Waals surface area contributed by atoms with Crippen LogP contribution in [0.1, 0.15) is 69.4 Å². The number of ether oxygens (including phenoxy) is 1. The number of carbonyl (C=O) groups excluding carboxylic acids is 1. The molecule has 0 amide bonds. The number of nitrogens with zero attached hydrogens (tertiary/aromatic N) is 1. The maximum atomic E-state index is 13.6. The smallest absolute Gasteiger partial charge is 0.304 e. The summed E-state index contributed by atoms with van der Waals surface area (Å²) in [6, 6.07) is 14.2. The first-order chi connectivity index (χ1) is 17.5. The van der Waals surface area contributed by atoms with Gasteiger partial charge in [0.1, 0.15) is 16.7 Å². The van der Waals surface area contributed by atoms with Gasteiger partial charge in [0.25, 0.3) is 0 Å². The molecule has 1 unspecified atom stereocenters. The number of hydrogen-bond donors (Lipinski definition) is 1. The monoisotopic (exact) mass is 541 g/mol. The maximum absolute atomic E-state index is 13.6. The van der Waals surface area contributed by atoms with Crippen LogP contribution in [0, 0.1) is 13.8 Å². The zero-order valence-electron chi connectivity index (χ0n) is 21.4. The first-order valence-corrected chi connectivity index (χ1v) is 14.4. The Morgan fingerprint density at radius 1 is 1.14 bits per heavy atom. The molecule has 1 aliphatic rings. The minimum atomic E-state index is -3.82. The van der Waals surface area contributed by atoms with E-state index in [9.17, 15) is 23.1 Å². The van der Waals surface area contributed by atoms with E-state index < -0.39 is 21.9 Å². The molecule has 1 N–H and O–H groups in total. The SMILES string of the molecule is CC[C@@H]1CN(Cc2cc(C(CC(=O)O)c3sc(C(C)=O)cc3C)ccc2C)S(=O)(=O)c2ccccc2O1. The molecule has 3 aromatic rings. The van der Waals surface area contributed by atoms with Crippen molar-refractivity contribution < 1.29 is 27.9 Å². The fourth-order valence-electron chi connectivity index (χ4n) is 4.62. The van der Waals surface area contributed by atoms with Crippen LogP contribution in [-0.2, 0) is 21.4 Å². The third kappa shape index (κ3) is 5.63. The van der Waals surface area contributed by atoms with Crippen molar-refractivity contribution >= 4 is 33.1 Å². The highest BCUT2D eigenvalue weighted by Gasteiger charge is 2.34. The molecule has 0 saturated carbocycles. The average Bonchev–Trinajstić information content (AvgIpc) is 3.19. The molecule has 0 saturated heterocycles. The van der Waals surface area contributed by atoms with Gasteiger partial charge in [-0.25, -0.2) is 8.42 Å². The summed E-state index contributed by atoms with van der Waals surface area (Å²) < 4.78 is 34.8. The summed E-state index contributed by atoms with van der Waals surface area (Å²) >= 11 is 1.32. The molecule has 0 radical (unpaired) electrons. The molecule has 1 aromatic heterocycles. The summed E-state index contributed by atoms with van der Waals surface area (Å²) in [5.41, 5.74) is 3.36. The Balaban J connectivity index is 1.75. The minimum Gasteiger partial charge on any atom is -0.488 e. The predicted molar refractivity (Wildman–Crippen MR) is 143 cm³/mol. The highest BCUT2D eigenvalue weighted by atomic mass is 32.2. The van der Waals surface area contributed by atoms with Crippen LogP contribution >= 0.6 is 11.3 Å². The molecule has 196 valence electrons. The van der Waals surface area contributed by atoms with Gasteiger partial charge in [0.2, 0.25) is 10.0 Å². The highest BCUT2D eigenvalue weighted by Crippen LogP contribution is 2.38. The standard InChI is InChI=1S/C28H31NO6S2/c1-5-22-16-29(37(33,34)26-9-7-6-8-24(26)35-22)15-21-13-20(11-10-17(21)2)23(14-27(31)32)28-18(3)12-25(36-28)19(4)30/h6-13,22-23H,5,14-16H2,1-4H3,(H,31,32)/t22-,23?/m1/s1. The number of hydrogen-bond acceptors (Lipinski definition) is 6. The second kappa shape index (κ2) is 10.8. The quantitative estimate of drug-likeness (QED) is 0.376. The van der Waals surface area contributed by atoms with Crippen molar-refractivity contribution in [2.24, 2.45) is 0 Å². The molecule has 0 spiro atoms. The Hall–Kier alpha value is -3.01. The highest BCUT2D eigenvalue weighted by molar-refractivity contribution is 7.89. The number of aryl methyl sites for hydroxylation is 2. The summed E-state index contributed by atoms with van der Waals surface area (Å²) in [6.45, 7) is 7.61. The van der Waals surface area contributed by atoms with E-state index in [1.807, 2.05) is 39.0 Å². The molecular weight excluding hydrogens is 510 g/mol. The number of Topliss-reactive ketones (excluding diaryl/α,β-unsaturated/α-hetero) is 1. The van der Waals surface area contributed by atoms with Crippen LogP contribution in [0.25, 0.3) is 0 Å². The average molecular weight is 542 g/mol. The largest absolute Gasteiger partial charge is 0.488 e. The van der Waals surface area contributed by atoms with Gasteiger partial charge in [0, 0.05) is 17.3 Å². The Labute approximate surface area is 221 Å². The number of fused-ring (bicyclic) bond motifs is 1. The topological polar surface area (TPSA) is 101 Å². The third-order valence-corrected chi connectivity index (χ3v) is 10.0. The number of carboxylic acid groups (broad SMARTS) is 1. The number of ketones is 1. The third-order valence-electron chi connectivity index (χ3n) is 6.74. The lowest BCUT2D eigenvalue weighted by molar-refractivity contribution is -0.137. The van der Waals surface area contributed by atoms with Crippen molar-refractivity contribution in [3.63, 3.8) is 0 Å². The van der Waals surface area contributed by atoms with Gasteiger partial charge in [-0.2, -0.15) is 4.31 Å². The number of rotatable bonds is 8. The van der Waals surface area contributed by atoms with Gasteiger partial charge < -0.3 is 9.84 Å². The van der Waals surface area contributed by atoms with Gasteiger partial charge in [-0.15, -0.1) is 11.3 Å². The summed E-state index contributed by atoms with van der Waals surface area (Å²) in [5.74, 6) is -1.10. The Morgan fingerprint density at radius 2 is 1.86 bits per heavy atom. The van der Waals surface area contributed by atoms with Gasteiger partial charge in [0.15, 0.2) is 5.78 Å². The fraction of sp³-hybridized carbons (Fsp3) is 0.357. The second-order valence-corrected chi connectivity index (χ2v) is 12.4. The minimum absolute atomic E-state index is 0.0580. The van der Waals surface area contributed by atoms with Crippen LogP contribution in [0.2, 0.25) is 0 Å². The van der Waals surface area contributed by atoms with Crippen molar-refractivity contribution in [1.82, 2.24) is 4.31 Å². The van der Waals surface area contributed by atoms with Crippen molar-refractivity contribution in [1.29, 1.82) is 0 Å². The van der Waals surface area contributed by atoms with Crippen LogP contribution in [0.3, 0.4) is 0 Å². The van der Waals surface area contributed by atoms with Gasteiger partial charge in [-0.3, -0.25) is 9.59 Å². The molecule has 0 fully saturated rings. The van der Waals surface area contributed by atoms with Crippen molar-refractivity contribution in [2.45, 2.75) is 64.0 Å². The maximum Gasteiger partial charge on any atom is 0.304 e. The van der Waals surface area contributed by atoms with E-state index in [1.165, 1.54) is 22.6 Å². The molecule has 0 aliphatic carbocycles. The number of benzene rings is 2. The Kier molecular flexibility index (Phi) is 7.87. The Morgan fingerprint density at radius 3 is 2.51 bits per heavy atom. The number of carboxylic acids is 1.